The molecule has 1 aromatic heterocycles. The Morgan fingerprint density at radius 3 is 2.58 bits per heavy atom. The van der Waals surface area contributed by atoms with E-state index in [9.17, 15) is 4.79 Å². The summed E-state index contributed by atoms with van der Waals surface area (Å²) in [4.78, 5) is 19.5. The van der Waals surface area contributed by atoms with E-state index in [1.807, 2.05) is 30.3 Å². The Morgan fingerprint density at radius 2 is 1.95 bits per heavy atom. The van der Waals surface area contributed by atoms with Crippen LogP contribution in [0.25, 0.3) is 5.57 Å². The number of nitrogens with zero attached hydrogens (tertiary/aromatic N) is 2. The Kier molecular flexibility index (Phi) is 2.94. The minimum atomic E-state index is -0.0959. The lowest BCUT2D eigenvalue weighted by Gasteiger charge is -2.05. The summed E-state index contributed by atoms with van der Waals surface area (Å²) in [6, 6.07) is 9.38. The number of ether oxygens (including phenoxy) is 1. The number of aromatic nitrogens is 2. The van der Waals surface area contributed by atoms with Crippen LogP contribution in [0.1, 0.15) is 5.69 Å². The summed E-state index contributed by atoms with van der Waals surface area (Å²) in [5.41, 5.74) is 1.52. The maximum Gasteiger partial charge on any atom is 0.244 e. The minimum absolute atomic E-state index is 0.0959. The number of hydrogen-bond donors (Lipinski definition) is 1. The molecule has 0 saturated carbocycles. The molecule has 2 aromatic rings. The van der Waals surface area contributed by atoms with Crippen LogP contribution in [0, 0.1) is 0 Å². The summed E-state index contributed by atoms with van der Waals surface area (Å²) < 4.78 is 5.54. The van der Waals surface area contributed by atoms with Crippen LogP contribution in [0.15, 0.2) is 48.8 Å². The predicted octanol–water partition coefficient (Wildman–Crippen LogP) is 1.78. The highest BCUT2D eigenvalue weighted by Crippen LogP contribution is 2.19. The summed E-state index contributed by atoms with van der Waals surface area (Å²) in [6.07, 6.45) is 4.68. The molecule has 1 amide bonds. The minimum Gasteiger partial charge on any atom is -0.438 e. The molecule has 19 heavy (non-hydrogen) atoms. The Bertz CT molecular complexity index is 621. The first-order valence-electron chi connectivity index (χ1n) is 5.85. The quantitative estimate of drug-likeness (QED) is 0.905. The number of carbonyl (C=O) groups is 1. The topological polar surface area (TPSA) is 64.1 Å². The Balaban J connectivity index is 1.76. The summed E-state index contributed by atoms with van der Waals surface area (Å²) in [5, 5.41) is 2.69. The molecule has 0 unspecified atom stereocenters. The lowest BCUT2D eigenvalue weighted by atomic mass is 10.2. The first-order valence-corrected chi connectivity index (χ1v) is 5.85. The number of carbonyl (C=O) groups excluding carboxylic acids is 1. The van der Waals surface area contributed by atoms with Crippen LogP contribution >= 0.6 is 0 Å². The van der Waals surface area contributed by atoms with Crippen molar-refractivity contribution in [2.45, 2.75) is 0 Å². The van der Waals surface area contributed by atoms with E-state index in [-0.39, 0.29) is 5.91 Å². The van der Waals surface area contributed by atoms with Crippen molar-refractivity contribution < 1.29 is 9.53 Å². The molecule has 0 aliphatic carbocycles. The molecule has 3 rings (SSSR count). The zero-order valence-corrected chi connectivity index (χ0v) is 10.0. The molecule has 0 bridgehead atoms. The van der Waals surface area contributed by atoms with E-state index in [2.05, 4.69) is 15.3 Å². The number of amides is 1. The van der Waals surface area contributed by atoms with Gasteiger partial charge in [-0.1, -0.05) is 18.2 Å². The van der Waals surface area contributed by atoms with Crippen molar-refractivity contribution in [3.05, 3.63) is 54.5 Å². The fourth-order valence-electron chi connectivity index (χ4n) is 1.75. The molecule has 1 N–H and O–H groups in total. The summed E-state index contributed by atoms with van der Waals surface area (Å²) in [6.45, 7) is 0.492. The van der Waals surface area contributed by atoms with Crippen molar-refractivity contribution in [3.8, 4) is 11.6 Å². The number of nitrogens with one attached hydrogen (secondary N) is 1. The lowest BCUT2D eigenvalue weighted by molar-refractivity contribution is -0.115. The van der Waals surface area contributed by atoms with Gasteiger partial charge in [-0.25, -0.2) is 9.97 Å². The van der Waals surface area contributed by atoms with E-state index in [0.717, 1.165) is 5.57 Å². The highest BCUT2D eigenvalue weighted by molar-refractivity contribution is 6.00. The van der Waals surface area contributed by atoms with Crippen molar-refractivity contribution in [3.63, 3.8) is 0 Å². The summed E-state index contributed by atoms with van der Waals surface area (Å²) >= 11 is 0. The smallest absolute Gasteiger partial charge is 0.244 e. The monoisotopic (exact) mass is 253 g/mol. The van der Waals surface area contributed by atoms with Gasteiger partial charge >= 0.3 is 0 Å². The Morgan fingerprint density at radius 1 is 1.11 bits per heavy atom. The third-order valence-electron chi connectivity index (χ3n) is 2.68. The van der Waals surface area contributed by atoms with Crippen LogP contribution in [0.4, 0.5) is 0 Å². The third-order valence-corrected chi connectivity index (χ3v) is 2.68. The molecule has 5 heteroatoms. The van der Waals surface area contributed by atoms with Crippen LogP contribution in [0.3, 0.4) is 0 Å². The van der Waals surface area contributed by atoms with Gasteiger partial charge in [-0.3, -0.25) is 4.79 Å². The Labute approximate surface area is 110 Å². The van der Waals surface area contributed by atoms with Crippen LogP contribution in [-0.2, 0) is 4.79 Å². The number of para-hydroxylation sites is 1. The molecule has 1 aromatic carbocycles. The van der Waals surface area contributed by atoms with Gasteiger partial charge in [0.05, 0.1) is 18.1 Å². The molecular formula is C14H11N3O2. The molecule has 0 radical (unpaired) electrons. The van der Waals surface area contributed by atoms with Crippen molar-refractivity contribution >= 4 is 11.5 Å². The number of rotatable bonds is 3. The molecule has 2 heterocycles. The fraction of sp³-hybridized carbons (Fsp3) is 0.0714. The largest absolute Gasteiger partial charge is 0.438 e. The fourth-order valence-corrected chi connectivity index (χ4v) is 1.75. The number of benzene rings is 1. The van der Waals surface area contributed by atoms with E-state index in [1.54, 1.807) is 12.4 Å². The lowest BCUT2D eigenvalue weighted by Crippen LogP contribution is -2.14. The van der Waals surface area contributed by atoms with E-state index in [0.29, 0.717) is 23.9 Å². The molecule has 5 nitrogen and oxygen atoms in total. The van der Waals surface area contributed by atoms with Gasteiger partial charge in [0, 0.05) is 18.2 Å². The van der Waals surface area contributed by atoms with Gasteiger partial charge < -0.3 is 10.1 Å². The van der Waals surface area contributed by atoms with E-state index in [1.165, 1.54) is 6.08 Å². The average molecular weight is 253 g/mol. The third kappa shape index (κ3) is 2.60. The number of hydrogen-bond acceptors (Lipinski definition) is 4. The SMILES string of the molecule is O=C1C=C(c2cnc(Oc3ccccc3)cn2)CN1. The molecule has 0 spiro atoms. The second kappa shape index (κ2) is 4.89. The molecule has 94 valence electrons. The Hall–Kier alpha value is -2.69. The normalized spacial score (nSPS) is 13.9. The summed E-state index contributed by atoms with van der Waals surface area (Å²) in [7, 11) is 0. The van der Waals surface area contributed by atoms with Crippen molar-refractivity contribution in [1.82, 2.24) is 15.3 Å². The van der Waals surface area contributed by atoms with Gasteiger partial charge in [-0.2, -0.15) is 0 Å². The van der Waals surface area contributed by atoms with Gasteiger partial charge in [-0.05, 0) is 12.1 Å². The second-order valence-electron chi connectivity index (χ2n) is 4.04. The van der Waals surface area contributed by atoms with Gasteiger partial charge in [0.25, 0.3) is 0 Å². The van der Waals surface area contributed by atoms with Gasteiger partial charge in [0.15, 0.2) is 0 Å². The first-order chi connectivity index (χ1) is 9.31. The van der Waals surface area contributed by atoms with Gasteiger partial charge in [0.2, 0.25) is 11.8 Å². The van der Waals surface area contributed by atoms with Crippen molar-refractivity contribution in [2.75, 3.05) is 6.54 Å². The van der Waals surface area contributed by atoms with E-state index < -0.39 is 0 Å². The molecule has 1 aliphatic heterocycles. The first kappa shape index (κ1) is 11.4. The molecule has 0 fully saturated rings. The van der Waals surface area contributed by atoms with Gasteiger partial charge in [-0.15, -0.1) is 0 Å². The second-order valence-corrected chi connectivity index (χ2v) is 4.04. The highest BCUT2D eigenvalue weighted by atomic mass is 16.5. The molecular weight excluding hydrogens is 242 g/mol. The molecule has 1 aliphatic rings. The van der Waals surface area contributed by atoms with E-state index >= 15 is 0 Å². The molecule has 0 saturated heterocycles. The zero-order valence-electron chi connectivity index (χ0n) is 10.0. The van der Waals surface area contributed by atoms with Crippen molar-refractivity contribution in [2.24, 2.45) is 0 Å². The maximum atomic E-state index is 11.1. The average Bonchev–Trinajstić information content (AvgIpc) is 2.87. The summed E-state index contributed by atoms with van der Waals surface area (Å²) in [5.74, 6) is 1.04. The van der Waals surface area contributed by atoms with Crippen LogP contribution in [0.2, 0.25) is 0 Å². The van der Waals surface area contributed by atoms with Crippen molar-refractivity contribution in [1.29, 1.82) is 0 Å². The predicted molar refractivity (Wildman–Crippen MR) is 69.5 cm³/mol. The van der Waals surface area contributed by atoms with Crippen LogP contribution in [-0.4, -0.2) is 22.4 Å². The van der Waals surface area contributed by atoms with Gasteiger partial charge in [0.1, 0.15) is 5.75 Å². The van der Waals surface area contributed by atoms with Crippen LogP contribution < -0.4 is 10.1 Å². The molecule has 0 atom stereocenters. The zero-order chi connectivity index (χ0) is 13.1. The highest BCUT2D eigenvalue weighted by Gasteiger charge is 2.13. The van der Waals surface area contributed by atoms with Crippen LogP contribution in [0.5, 0.6) is 11.6 Å². The van der Waals surface area contributed by atoms with E-state index in [4.69, 9.17) is 4.74 Å². The maximum absolute atomic E-state index is 11.1. The standard InChI is InChI=1S/C14H11N3O2/c18-13-6-10(7-16-13)12-8-17-14(9-15-12)19-11-4-2-1-3-5-11/h1-6,8-9H,7H2,(H,16,18).